The van der Waals surface area contributed by atoms with E-state index in [2.05, 4.69) is 0 Å². The molecule has 1 aliphatic carbocycles. The molecule has 0 saturated heterocycles. The van der Waals surface area contributed by atoms with E-state index < -0.39 is 4.92 Å². The summed E-state index contributed by atoms with van der Waals surface area (Å²) >= 11 is 1.48. The highest BCUT2D eigenvalue weighted by molar-refractivity contribution is 7.07. The second kappa shape index (κ2) is 5.05. The summed E-state index contributed by atoms with van der Waals surface area (Å²) in [6.45, 7) is 0. The van der Waals surface area contributed by atoms with E-state index in [-0.39, 0.29) is 23.5 Å². The van der Waals surface area contributed by atoms with Crippen molar-refractivity contribution < 1.29 is 14.5 Å². The molecule has 0 radical (unpaired) electrons. The van der Waals surface area contributed by atoms with Crippen LogP contribution >= 0.6 is 11.3 Å². The molecule has 0 aromatic carbocycles. The zero-order chi connectivity index (χ0) is 13.1. The molecule has 0 spiro atoms. The van der Waals surface area contributed by atoms with Crippen LogP contribution in [0.4, 0.5) is 0 Å². The second-order valence-corrected chi connectivity index (χ2v) is 4.65. The highest BCUT2D eigenvalue weighted by Crippen LogP contribution is 2.26. The zero-order valence-electron chi connectivity index (χ0n) is 9.29. The molecule has 0 atom stereocenters. The molecule has 2 rings (SSSR count). The predicted octanol–water partition coefficient (Wildman–Crippen LogP) is 1.92. The number of carbonyl (C=O) groups excluding carboxylic acids is 2. The molecule has 5 nitrogen and oxygen atoms in total. The van der Waals surface area contributed by atoms with Crippen molar-refractivity contribution in [2.75, 3.05) is 0 Å². The van der Waals surface area contributed by atoms with Gasteiger partial charge < -0.3 is 0 Å². The third-order valence-electron chi connectivity index (χ3n) is 2.61. The fourth-order valence-corrected chi connectivity index (χ4v) is 2.54. The number of hydrogen-bond donors (Lipinski definition) is 0. The van der Waals surface area contributed by atoms with Gasteiger partial charge in [-0.25, -0.2) is 0 Å². The number of allylic oxidation sites excluding steroid dienone is 3. The van der Waals surface area contributed by atoms with Crippen molar-refractivity contribution in [3.05, 3.63) is 55.4 Å². The normalized spacial score (nSPS) is 15.6. The Morgan fingerprint density at radius 3 is 2.83 bits per heavy atom. The van der Waals surface area contributed by atoms with Crippen molar-refractivity contribution in [2.45, 2.75) is 12.8 Å². The van der Waals surface area contributed by atoms with Gasteiger partial charge in [-0.05, 0) is 28.5 Å². The molecule has 0 aliphatic heterocycles. The summed E-state index contributed by atoms with van der Waals surface area (Å²) < 4.78 is 0. The van der Waals surface area contributed by atoms with Crippen molar-refractivity contribution in [1.29, 1.82) is 0 Å². The summed E-state index contributed by atoms with van der Waals surface area (Å²) in [5.74, 6) is -0.270. The van der Waals surface area contributed by atoms with Crippen molar-refractivity contribution >= 4 is 23.4 Å². The van der Waals surface area contributed by atoms with Crippen LogP contribution in [0.3, 0.4) is 0 Å². The first kappa shape index (κ1) is 12.4. The second-order valence-electron chi connectivity index (χ2n) is 3.87. The quantitative estimate of drug-likeness (QED) is 0.472. The third-order valence-corrected chi connectivity index (χ3v) is 3.34. The van der Waals surface area contributed by atoms with Crippen LogP contribution in [0.2, 0.25) is 0 Å². The molecule has 0 bridgehead atoms. The van der Waals surface area contributed by atoms with Gasteiger partial charge in [0.2, 0.25) is 0 Å². The van der Waals surface area contributed by atoms with Gasteiger partial charge in [0.05, 0.1) is 10.5 Å². The van der Waals surface area contributed by atoms with E-state index in [9.17, 15) is 19.7 Å². The molecule has 6 heteroatoms. The number of aldehydes is 1. The molecule has 1 heterocycles. The maximum atomic E-state index is 11.4. The van der Waals surface area contributed by atoms with Gasteiger partial charge in [0.25, 0.3) is 5.70 Å². The van der Waals surface area contributed by atoms with Gasteiger partial charge in [-0.2, -0.15) is 11.3 Å². The van der Waals surface area contributed by atoms with E-state index in [0.29, 0.717) is 18.3 Å². The Morgan fingerprint density at radius 1 is 1.50 bits per heavy atom. The lowest BCUT2D eigenvalue weighted by molar-refractivity contribution is -0.422. The van der Waals surface area contributed by atoms with Crippen molar-refractivity contribution in [3.8, 4) is 0 Å². The van der Waals surface area contributed by atoms with Gasteiger partial charge in [0.1, 0.15) is 0 Å². The Labute approximate surface area is 107 Å². The van der Waals surface area contributed by atoms with E-state index in [1.165, 1.54) is 17.4 Å². The third kappa shape index (κ3) is 2.43. The number of hydrogen-bond acceptors (Lipinski definition) is 5. The molecule has 18 heavy (non-hydrogen) atoms. The lowest BCUT2D eigenvalue weighted by Crippen LogP contribution is -2.16. The first-order valence-corrected chi connectivity index (χ1v) is 6.13. The van der Waals surface area contributed by atoms with E-state index in [1.54, 1.807) is 0 Å². The standard InChI is InChI=1S/C12H9NO4S/c14-6-10-5-11(15)4-9(12(10)13(16)17)3-8-1-2-18-7-8/h1-2,4,6-7H,3,5H2. The number of rotatable bonds is 4. The summed E-state index contributed by atoms with van der Waals surface area (Å²) in [5.41, 5.74) is 0.927. The van der Waals surface area contributed by atoms with Gasteiger partial charge in [0, 0.05) is 18.4 Å². The summed E-state index contributed by atoms with van der Waals surface area (Å²) in [6, 6.07) is 1.84. The maximum Gasteiger partial charge on any atom is 0.279 e. The van der Waals surface area contributed by atoms with Crippen molar-refractivity contribution in [3.63, 3.8) is 0 Å². The first-order chi connectivity index (χ1) is 8.61. The van der Waals surface area contributed by atoms with E-state index >= 15 is 0 Å². The molecule has 0 amide bonds. The fourth-order valence-electron chi connectivity index (χ4n) is 1.87. The van der Waals surface area contributed by atoms with Crippen LogP contribution in [0.5, 0.6) is 0 Å². The number of nitrogens with zero attached hydrogens (tertiary/aromatic N) is 1. The first-order valence-electron chi connectivity index (χ1n) is 5.19. The topological polar surface area (TPSA) is 77.3 Å². The van der Waals surface area contributed by atoms with Crippen LogP contribution in [-0.2, 0) is 16.0 Å². The SMILES string of the molecule is O=CC1=C([N+](=O)[O-])C(Cc2ccsc2)=CC(=O)C1. The molecule has 0 unspecified atom stereocenters. The van der Waals surface area contributed by atoms with Gasteiger partial charge in [0.15, 0.2) is 12.1 Å². The minimum Gasteiger partial charge on any atom is -0.298 e. The summed E-state index contributed by atoms with van der Waals surface area (Å²) in [7, 11) is 0. The van der Waals surface area contributed by atoms with Crippen LogP contribution in [-0.4, -0.2) is 17.0 Å². The summed E-state index contributed by atoms with van der Waals surface area (Å²) in [4.78, 5) is 32.7. The average Bonchev–Trinajstić information content (AvgIpc) is 2.80. The lowest BCUT2D eigenvalue weighted by atomic mass is 9.92. The highest BCUT2D eigenvalue weighted by atomic mass is 32.1. The molecule has 1 aromatic rings. The molecule has 0 saturated carbocycles. The van der Waals surface area contributed by atoms with Gasteiger partial charge >= 0.3 is 0 Å². The highest BCUT2D eigenvalue weighted by Gasteiger charge is 2.29. The lowest BCUT2D eigenvalue weighted by Gasteiger charge is -2.11. The molecule has 1 aromatic heterocycles. The van der Waals surface area contributed by atoms with Crippen LogP contribution in [0, 0.1) is 10.1 Å². The largest absolute Gasteiger partial charge is 0.298 e. The number of nitro groups is 1. The smallest absolute Gasteiger partial charge is 0.279 e. The minimum absolute atomic E-state index is 0.0438. The number of carbonyl (C=O) groups is 2. The molecule has 1 aliphatic rings. The van der Waals surface area contributed by atoms with Gasteiger partial charge in [-0.1, -0.05) is 0 Å². The number of ketones is 1. The van der Waals surface area contributed by atoms with Gasteiger partial charge in [-0.3, -0.25) is 19.7 Å². The Balaban J connectivity index is 2.41. The summed E-state index contributed by atoms with van der Waals surface area (Å²) in [6.07, 6.45) is 1.77. The van der Waals surface area contributed by atoms with Crippen LogP contribution in [0.15, 0.2) is 39.7 Å². The van der Waals surface area contributed by atoms with Gasteiger partial charge in [-0.15, -0.1) is 0 Å². The minimum atomic E-state index is -0.589. The molecule has 92 valence electrons. The average molecular weight is 263 g/mol. The van der Waals surface area contributed by atoms with Crippen molar-refractivity contribution in [2.24, 2.45) is 0 Å². The molecule has 0 N–H and O–H groups in total. The molecule has 0 fully saturated rings. The zero-order valence-corrected chi connectivity index (χ0v) is 10.1. The molecular formula is C12H9NO4S. The summed E-state index contributed by atoms with van der Waals surface area (Å²) in [5, 5.41) is 14.7. The Kier molecular flexibility index (Phi) is 3.47. The van der Waals surface area contributed by atoms with Crippen LogP contribution in [0.25, 0.3) is 0 Å². The predicted molar refractivity (Wildman–Crippen MR) is 65.8 cm³/mol. The van der Waals surface area contributed by atoms with Crippen molar-refractivity contribution in [1.82, 2.24) is 0 Å². The molecular weight excluding hydrogens is 254 g/mol. The Hall–Kier alpha value is -2.08. The fraction of sp³-hybridized carbons (Fsp3) is 0.167. The Bertz CT molecular complexity index is 569. The number of thiophene rings is 1. The van der Waals surface area contributed by atoms with Crippen LogP contribution in [0.1, 0.15) is 12.0 Å². The monoisotopic (exact) mass is 263 g/mol. The van der Waals surface area contributed by atoms with E-state index in [4.69, 9.17) is 0 Å². The van der Waals surface area contributed by atoms with Crippen LogP contribution < -0.4 is 0 Å². The van der Waals surface area contributed by atoms with E-state index in [0.717, 1.165) is 5.56 Å². The Morgan fingerprint density at radius 2 is 2.28 bits per heavy atom. The maximum absolute atomic E-state index is 11.4. The van der Waals surface area contributed by atoms with E-state index in [1.807, 2.05) is 16.8 Å².